The van der Waals surface area contributed by atoms with E-state index in [2.05, 4.69) is 12.1 Å². The maximum atomic E-state index is 13.0. The van der Waals surface area contributed by atoms with Gasteiger partial charge in [0.05, 0.1) is 6.42 Å². The van der Waals surface area contributed by atoms with Crippen LogP contribution in [0.2, 0.25) is 6.82 Å². The molecule has 0 aliphatic carbocycles. The summed E-state index contributed by atoms with van der Waals surface area (Å²) in [5.74, 6) is -0.342. The molecule has 2 rings (SSSR count). The minimum atomic E-state index is -0.285. The first-order valence-electron chi connectivity index (χ1n) is 6.76. The van der Waals surface area contributed by atoms with Crippen LogP contribution in [0.25, 0.3) is 0 Å². The fourth-order valence-electron chi connectivity index (χ4n) is 1.99. The number of rotatable bonds is 5. The van der Waals surface area contributed by atoms with Gasteiger partial charge in [-0.25, -0.2) is 4.39 Å². The van der Waals surface area contributed by atoms with E-state index in [9.17, 15) is 9.18 Å². The Balaban J connectivity index is 1.85. The Morgan fingerprint density at radius 3 is 2.55 bits per heavy atom. The van der Waals surface area contributed by atoms with Crippen LogP contribution in [0.3, 0.4) is 0 Å². The highest BCUT2D eigenvalue weighted by Crippen LogP contribution is 2.03. The van der Waals surface area contributed by atoms with Crippen LogP contribution in [0.1, 0.15) is 11.1 Å². The van der Waals surface area contributed by atoms with Crippen molar-refractivity contribution < 1.29 is 9.18 Å². The Kier molecular flexibility index (Phi) is 4.94. The Morgan fingerprint density at radius 1 is 1.15 bits per heavy atom. The third kappa shape index (κ3) is 4.23. The number of hydrogen-bond acceptors (Lipinski definition) is 1. The summed E-state index contributed by atoms with van der Waals surface area (Å²) in [7, 11) is 0.992. The van der Waals surface area contributed by atoms with Crippen molar-refractivity contribution in [2.45, 2.75) is 19.8 Å². The summed E-state index contributed by atoms with van der Waals surface area (Å²) in [5, 5.41) is 2.80. The average molecular weight is 269 g/mol. The van der Waals surface area contributed by atoms with Crippen molar-refractivity contribution in [2.24, 2.45) is 0 Å². The summed E-state index contributed by atoms with van der Waals surface area (Å²) in [6.45, 7) is 2.45. The van der Waals surface area contributed by atoms with Crippen LogP contribution in [0.5, 0.6) is 0 Å². The molecule has 0 saturated carbocycles. The minimum Gasteiger partial charge on any atom is -0.352 e. The van der Waals surface area contributed by atoms with Crippen molar-refractivity contribution >= 4 is 18.6 Å². The van der Waals surface area contributed by atoms with E-state index in [0.29, 0.717) is 13.0 Å². The molecule has 0 aliphatic heterocycles. The lowest BCUT2D eigenvalue weighted by Crippen LogP contribution is -2.24. The standard InChI is InChI=1S/C16H17BFNO/c1-17-14-7-5-12(6-8-14)10-16(20)19-11-13-3-2-4-15(18)9-13/h2-9,17H,10-11H2,1H3,(H,19,20). The van der Waals surface area contributed by atoms with E-state index in [1.165, 1.54) is 17.6 Å². The Morgan fingerprint density at radius 2 is 1.90 bits per heavy atom. The molecule has 0 aromatic heterocycles. The molecule has 0 radical (unpaired) electrons. The number of benzene rings is 2. The molecule has 4 heteroatoms. The van der Waals surface area contributed by atoms with Gasteiger partial charge in [0, 0.05) is 6.54 Å². The van der Waals surface area contributed by atoms with Crippen molar-refractivity contribution in [3.63, 3.8) is 0 Å². The summed E-state index contributed by atoms with van der Waals surface area (Å²) >= 11 is 0. The lowest BCUT2D eigenvalue weighted by atomic mass is 9.73. The van der Waals surface area contributed by atoms with Crippen molar-refractivity contribution in [1.29, 1.82) is 0 Å². The first-order valence-corrected chi connectivity index (χ1v) is 6.76. The third-order valence-corrected chi connectivity index (χ3v) is 3.17. The number of nitrogens with one attached hydrogen (secondary N) is 1. The summed E-state index contributed by atoms with van der Waals surface area (Å²) in [6, 6.07) is 14.3. The quantitative estimate of drug-likeness (QED) is 0.824. The maximum absolute atomic E-state index is 13.0. The SMILES string of the molecule is CBc1ccc(CC(=O)NCc2cccc(F)c2)cc1. The molecule has 0 aliphatic rings. The van der Waals surface area contributed by atoms with E-state index in [1.54, 1.807) is 12.1 Å². The van der Waals surface area contributed by atoms with Gasteiger partial charge >= 0.3 is 0 Å². The summed E-state index contributed by atoms with van der Waals surface area (Å²) in [4.78, 5) is 11.8. The zero-order chi connectivity index (χ0) is 14.4. The zero-order valence-corrected chi connectivity index (χ0v) is 11.5. The molecule has 20 heavy (non-hydrogen) atoms. The zero-order valence-electron chi connectivity index (χ0n) is 11.5. The first kappa shape index (κ1) is 14.3. The predicted molar refractivity (Wildman–Crippen MR) is 81.0 cm³/mol. The van der Waals surface area contributed by atoms with Crippen molar-refractivity contribution in [1.82, 2.24) is 5.32 Å². The van der Waals surface area contributed by atoms with Gasteiger partial charge in [0.15, 0.2) is 7.28 Å². The van der Waals surface area contributed by atoms with Crippen LogP contribution in [0.4, 0.5) is 4.39 Å². The molecule has 0 bridgehead atoms. The lowest BCUT2D eigenvalue weighted by Gasteiger charge is -2.06. The number of hydrogen-bond donors (Lipinski definition) is 1. The van der Waals surface area contributed by atoms with Gasteiger partial charge < -0.3 is 5.32 Å². The predicted octanol–water partition coefficient (Wildman–Crippen LogP) is 1.79. The number of carbonyl (C=O) groups is 1. The molecular formula is C16H17BFNO. The van der Waals surface area contributed by atoms with Gasteiger partial charge in [-0.15, -0.1) is 0 Å². The van der Waals surface area contributed by atoms with Crippen LogP contribution in [0, 0.1) is 5.82 Å². The van der Waals surface area contributed by atoms with E-state index in [-0.39, 0.29) is 11.7 Å². The van der Waals surface area contributed by atoms with E-state index < -0.39 is 0 Å². The number of carbonyl (C=O) groups excluding carboxylic acids is 1. The van der Waals surface area contributed by atoms with Crippen LogP contribution < -0.4 is 10.8 Å². The van der Waals surface area contributed by atoms with E-state index in [1.807, 2.05) is 24.3 Å². The molecule has 1 N–H and O–H groups in total. The second-order valence-electron chi connectivity index (χ2n) is 4.75. The molecule has 0 spiro atoms. The van der Waals surface area contributed by atoms with Gasteiger partial charge in [-0.2, -0.15) is 0 Å². The second kappa shape index (κ2) is 6.89. The van der Waals surface area contributed by atoms with Crippen LogP contribution in [0.15, 0.2) is 48.5 Å². The summed E-state index contributed by atoms with van der Waals surface area (Å²) in [5.41, 5.74) is 3.01. The monoisotopic (exact) mass is 269 g/mol. The van der Waals surface area contributed by atoms with Crippen molar-refractivity contribution in [3.8, 4) is 0 Å². The Labute approximate surface area is 119 Å². The van der Waals surface area contributed by atoms with Crippen LogP contribution >= 0.6 is 0 Å². The molecule has 0 atom stereocenters. The third-order valence-electron chi connectivity index (χ3n) is 3.17. The van der Waals surface area contributed by atoms with Crippen LogP contribution in [-0.2, 0) is 17.8 Å². The molecule has 102 valence electrons. The summed E-state index contributed by atoms with van der Waals surface area (Å²) < 4.78 is 13.0. The highest BCUT2D eigenvalue weighted by molar-refractivity contribution is 6.51. The maximum Gasteiger partial charge on any atom is 0.224 e. The molecule has 0 saturated heterocycles. The van der Waals surface area contributed by atoms with Gasteiger partial charge in [0.25, 0.3) is 0 Å². The Hall–Kier alpha value is -2.10. The smallest absolute Gasteiger partial charge is 0.224 e. The molecule has 2 aromatic rings. The summed E-state index contributed by atoms with van der Waals surface area (Å²) in [6.07, 6.45) is 0.347. The van der Waals surface area contributed by atoms with Gasteiger partial charge in [-0.3, -0.25) is 4.79 Å². The highest BCUT2D eigenvalue weighted by atomic mass is 19.1. The van der Waals surface area contributed by atoms with E-state index in [4.69, 9.17) is 0 Å². The molecular weight excluding hydrogens is 252 g/mol. The van der Waals surface area contributed by atoms with E-state index in [0.717, 1.165) is 18.4 Å². The number of amides is 1. The van der Waals surface area contributed by atoms with Gasteiger partial charge in [-0.1, -0.05) is 48.7 Å². The van der Waals surface area contributed by atoms with Crippen molar-refractivity contribution in [3.05, 3.63) is 65.5 Å². The van der Waals surface area contributed by atoms with Crippen LogP contribution in [-0.4, -0.2) is 13.2 Å². The van der Waals surface area contributed by atoms with Gasteiger partial charge in [-0.05, 0) is 23.3 Å². The average Bonchev–Trinajstić information content (AvgIpc) is 2.46. The number of halogens is 1. The second-order valence-corrected chi connectivity index (χ2v) is 4.75. The topological polar surface area (TPSA) is 29.1 Å². The lowest BCUT2D eigenvalue weighted by molar-refractivity contribution is -0.120. The minimum absolute atomic E-state index is 0.0569. The fourth-order valence-corrected chi connectivity index (χ4v) is 1.99. The molecule has 0 fully saturated rings. The van der Waals surface area contributed by atoms with Crippen molar-refractivity contribution in [2.75, 3.05) is 0 Å². The van der Waals surface area contributed by atoms with E-state index >= 15 is 0 Å². The highest BCUT2D eigenvalue weighted by Gasteiger charge is 2.04. The van der Waals surface area contributed by atoms with Gasteiger partial charge in [0.2, 0.25) is 5.91 Å². The first-order chi connectivity index (χ1) is 9.67. The molecule has 0 unspecified atom stereocenters. The molecule has 1 amide bonds. The fraction of sp³-hybridized carbons (Fsp3) is 0.188. The van der Waals surface area contributed by atoms with Gasteiger partial charge in [0.1, 0.15) is 5.82 Å². The Bertz CT molecular complexity index is 583. The normalized spacial score (nSPS) is 10.1. The largest absolute Gasteiger partial charge is 0.352 e. The molecule has 0 heterocycles. The molecule has 2 aromatic carbocycles. The molecule has 2 nitrogen and oxygen atoms in total.